The lowest BCUT2D eigenvalue weighted by Crippen LogP contribution is -1.97. The first-order chi connectivity index (χ1) is 13.2. The third kappa shape index (κ3) is 3.58. The Kier molecular flexibility index (Phi) is 4.67. The van der Waals surface area contributed by atoms with Gasteiger partial charge in [0.2, 0.25) is 0 Å². The molecule has 1 aromatic heterocycles. The van der Waals surface area contributed by atoms with Crippen molar-refractivity contribution in [1.82, 2.24) is 9.97 Å². The van der Waals surface area contributed by atoms with Crippen molar-refractivity contribution >= 4 is 23.2 Å². The van der Waals surface area contributed by atoms with Crippen LogP contribution in [0.2, 0.25) is 0 Å². The van der Waals surface area contributed by atoms with Gasteiger partial charge in [0.1, 0.15) is 11.4 Å². The van der Waals surface area contributed by atoms with Crippen molar-refractivity contribution in [3.63, 3.8) is 0 Å². The topological polar surface area (TPSA) is 35.0 Å². The largest absolute Gasteiger partial charge is 0.496 e. The van der Waals surface area contributed by atoms with Crippen molar-refractivity contribution in [2.45, 2.75) is 6.92 Å². The van der Waals surface area contributed by atoms with Crippen molar-refractivity contribution in [1.29, 1.82) is 0 Å². The van der Waals surface area contributed by atoms with Gasteiger partial charge in [0.25, 0.3) is 0 Å². The Balaban J connectivity index is 1.92. The van der Waals surface area contributed by atoms with E-state index in [4.69, 9.17) is 14.7 Å². The summed E-state index contributed by atoms with van der Waals surface area (Å²) in [6.45, 7) is 2.06. The second-order valence-corrected chi connectivity index (χ2v) is 6.39. The Morgan fingerprint density at radius 3 is 2.37 bits per heavy atom. The SMILES string of the molecule is COc1ccccc1-c1nc2cc(C)ccc2nc1/C=C/c1ccccc1. The van der Waals surface area contributed by atoms with Crippen molar-refractivity contribution in [2.24, 2.45) is 0 Å². The van der Waals surface area contributed by atoms with Gasteiger partial charge in [0.05, 0.1) is 23.8 Å². The van der Waals surface area contributed by atoms with Crippen LogP contribution in [0.15, 0.2) is 72.8 Å². The maximum atomic E-state index is 5.56. The molecule has 0 aliphatic rings. The lowest BCUT2D eigenvalue weighted by atomic mass is 10.1. The predicted molar refractivity (Wildman–Crippen MR) is 112 cm³/mol. The maximum Gasteiger partial charge on any atom is 0.128 e. The van der Waals surface area contributed by atoms with Gasteiger partial charge in [0, 0.05) is 5.56 Å². The van der Waals surface area contributed by atoms with Gasteiger partial charge < -0.3 is 4.74 Å². The molecule has 0 aliphatic heterocycles. The monoisotopic (exact) mass is 352 g/mol. The lowest BCUT2D eigenvalue weighted by molar-refractivity contribution is 0.416. The highest BCUT2D eigenvalue weighted by Gasteiger charge is 2.13. The molecular weight excluding hydrogens is 332 g/mol. The minimum atomic E-state index is 0.785. The van der Waals surface area contributed by atoms with Crippen LogP contribution in [0.3, 0.4) is 0 Å². The third-order valence-electron chi connectivity index (χ3n) is 4.44. The molecule has 1 heterocycles. The van der Waals surface area contributed by atoms with E-state index in [0.29, 0.717) is 0 Å². The van der Waals surface area contributed by atoms with Gasteiger partial charge in [-0.15, -0.1) is 0 Å². The molecule has 0 atom stereocenters. The molecule has 0 aliphatic carbocycles. The van der Waals surface area contributed by atoms with Crippen LogP contribution < -0.4 is 4.74 Å². The fraction of sp³-hybridized carbons (Fsp3) is 0.0833. The van der Waals surface area contributed by atoms with Gasteiger partial charge in [-0.3, -0.25) is 0 Å². The minimum Gasteiger partial charge on any atom is -0.496 e. The van der Waals surface area contributed by atoms with E-state index in [1.54, 1.807) is 7.11 Å². The average Bonchev–Trinajstić information content (AvgIpc) is 2.72. The average molecular weight is 352 g/mol. The fourth-order valence-corrected chi connectivity index (χ4v) is 3.07. The molecule has 3 nitrogen and oxygen atoms in total. The van der Waals surface area contributed by atoms with Crippen molar-refractivity contribution in [3.8, 4) is 17.0 Å². The number of fused-ring (bicyclic) bond motifs is 1. The summed E-state index contributed by atoms with van der Waals surface area (Å²) < 4.78 is 5.56. The summed E-state index contributed by atoms with van der Waals surface area (Å²) in [6, 6.07) is 24.2. The zero-order valence-corrected chi connectivity index (χ0v) is 15.4. The molecular formula is C24H20N2O. The summed E-state index contributed by atoms with van der Waals surface area (Å²) in [5, 5.41) is 0. The van der Waals surface area contributed by atoms with E-state index in [0.717, 1.165) is 44.9 Å². The molecule has 0 saturated carbocycles. The van der Waals surface area contributed by atoms with Crippen LogP contribution in [-0.4, -0.2) is 17.1 Å². The Morgan fingerprint density at radius 2 is 1.56 bits per heavy atom. The summed E-state index contributed by atoms with van der Waals surface area (Å²) in [5.74, 6) is 0.785. The first-order valence-electron chi connectivity index (χ1n) is 8.89. The number of hydrogen-bond acceptors (Lipinski definition) is 3. The standard InChI is InChI=1S/C24H20N2O/c1-17-12-14-20-22(16-17)26-24(19-10-6-7-11-23(19)27-2)21(25-20)15-13-18-8-4-3-5-9-18/h3-16H,1-2H3/b15-13+. The van der Waals surface area contributed by atoms with Crippen LogP contribution in [0.25, 0.3) is 34.4 Å². The number of para-hydroxylation sites is 1. The highest BCUT2D eigenvalue weighted by molar-refractivity contribution is 5.85. The fourth-order valence-electron chi connectivity index (χ4n) is 3.07. The summed E-state index contributed by atoms with van der Waals surface area (Å²) in [7, 11) is 1.68. The number of benzene rings is 3. The quantitative estimate of drug-likeness (QED) is 0.467. The molecule has 132 valence electrons. The second-order valence-electron chi connectivity index (χ2n) is 6.39. The van der Waals surface area contributed by atoms with E-state index >= 15 is 0 Å². The lowest BCUT2D eigenvalue weighted by Gasteiger charge is -2.11. The van der Waals surface area contributed by atoms with E-state index in [1.807, 2.05) is 54.6 Å². The molecule has 0 unspecified atom stereocenters. The predicted octanol–water partition coefficient (Wildman–Crippen LogP) is 5.78. The van der Waals surface area contributed by atoms with Gasteiger partial charge >= 0.3 is 0 Å². The third-order valence-corrected chi connectivity index (χ3v) is 4.44. The zero-order valence-electron chi connectivity index (χ0n) is 15.4. The molecule has 0 N–H and O–H groups in total. The molecule has 4 aromatic rings. The van der Waals surface area contributed by atoms with E-state index in [1.165, 1.54) is 0 Å². The molecule has 0 amide bonds. The second kappa shape index (κ2) is 7.42. The molecule has 0 bridgehead atoms. The number of aromatic nitrogens is 2. The molecule has 3 heteroatoms. The highest BCUT2D eigenvalue weighted by atomic mass is 16.5. The first-order valence-corrected chi connectivity index (χ1v) is 8.89. The van der Waals surface area contributed by atoms with Crippen LogP contribution in [-0.2, 0) is 0 Å². The number of aryl methyl sites for hydroxylation is 1. The van der Waals surface area contributed by atoms with Gasteiger partial charge in [-0.1, -0.05) is 54.6 Å². The minimum absolute atomic E-state index is 0.785. The van der Waals surface area contributed by atoms with E-state index in [-0.39, 0.29) is 0 Å². The molecule has 0 radical (unpaired) electrons. The summed E-state index contributed by atoms with van der Waals surface area (Å²) >= 11 is 0. The Morgan fingerprint density at radius 1 is 0.778 bits per heavy atom. The van der Waals surface area contributed by atoms with Gasteiger partial charge in [-0.05, 0) is 48.4 Å². The first kappa shape index (κ1) is 17.0. The molecule has 0 spiro atoms. The van der Waals surface area contributed by atoms with Crippen LogP contribution in [0.5, 0.6) is 5.75 Å². The van der Waals surface area contributed by atoms with Crippen LogP contribution >= 0.6 is 0 Å². The van der Waals surface area contributed by atoms with Crippen LogP contribution in [0.1, 0.15) is 16.8 Å². The van der Waals surface area contributed by atoms with Crippen LogP contribution in [0.4, 0.5) is 0 Å². The van der Waals surface area contributed by atoms with Gasteiger partial charge in [-0.25, -0.2) is 9.97 Å². The van der Waals surface area contributed by atoms with Crippen molar-refractivity contribution in [3.05, 3.63) is 89.6 Å². The van der Waals surface area contributed by atoms with E-state index in [2.05, 4.69) is 37.3 Å². The van der Waals surface area contributed by atoms with E-state index < -0.39 is 0 Å². The van der Waals surface area contributed by atoms with Gasteiger partial charge in [-0.2, -0.15) is 0 Å². The maximum absolute atomic E-state index is 5.56. The summed E-state index contributed by atoms with van der Waals surface area (Å²) in [5.41, 5.74) is 6.62. The number of methoxy groups -OCH3 is 1. The summed E-state index contributed by atoms with van der Waals surface area (Å²) in [6.07, 6.45) is 4.08. The Bertz CT molecular complexity index is 1120. The Hall–Kier alpha value is -3.46. The number of nitrogens with zero attached hydrogens (tertiary/aromatic N) is 2. The molecule has 0 fully saturated rings. The smallest absolute Gasteiger partial charge is 0.128 e. The number of hydrogen-bond donors (Lipinski definition) is 0. The van der Waals surface area contributed by atoms with Crippen molar-refractivity contribution in [2.75, 3.05) is 7.11 Å². The number of rotatable bonds is 4. The normalized spacial score (nSPS) is 11.2. The molecule has 27 heavy (non-hydrogen) atoms. The zero-order chi connectivity index (χ0) is 18.6. The molecule has 0 saturated heterocycles. The number of ether oxygens (including phenoxy) is 1. The summed E-state index contributed by atoms with van der Waals surface area (Å²) in [4.78, 5) is 9.81. The van der Waals surface area contributed by atoms with Crippen molar-refractivity contribution < 1.29 is 4.74 Å². The van der Waals surface area contributed by atoms with E-state index in [9.17, 15) is 0 Å². The Labute approximate surface area is 159 Å². The molecule has 3 aromatic carbocycles. The van der Waals surface area contributed by atoms with Gasteiger partial charge in [0.15, 0.2) is 0 Å². The molecule has 4 rings (SSSR count). The van der Waals surface area contributed by atoms with Crippen LogP contribution in [0, 0.1) is 6.92 Å². The highest BCUT2D eigenvalue weighted by Crippen LogP contribution is 2.32.